The van der Waals surface area contributed by atoms with Gasteiger partial charge in [-0.05, 0) is 34.1 Å². The molecule has 0 aliphatic heterocycles. The van der Waals surface area contributed by atoms with Crippen LogP contribution < -0.4 is 5.32 Å². The van der Waals surface area contributed by atoms with Crippen LogP contribution in [-0.4, -0.2) is 51.2 Å². The molecule has 2 N–H and O–H groups in total. The third kappa shape index (κ3) is 4.92. The average molecular weight is 281 g/mol. The number of aromatic amines is 1. The minimum atomic E-state index is -0.212. The molecular weight excluding hydrogens is 254 g/mol. The molecule has 0 unspecified atom stereocenters. The molecule has 0 aromatic carbocycles. The van der Waals surface area contributed by atoms with E-state index in [9.17, 15) is 4.79 Å². The number of aromatic nitrogens is 3. The van der Waals surface area contributed by atoms with Gasteiger partial charge in [0.2, 0.25) is 5.82 Å². The van der Waals surface area contributed by atoms with E-state index < -0.39 is 0 Å². The van der Waals surface area contributed by atoms with Crippen molar-refractivity contribution >= 4 is 5.91 Å². The number of H-pyrrole nitrogens is 1. The maximum Gasteiger partial charge on any atom is 0.291 e. The van der Waals surface area contributed by atoms with Gasteiger partial charge in [-0.2, -0.15) is 0 Å². The van der Waals surface area contributed by atoms with Gasteiger partial charge in [-0.25, -0.2) is 4.98 Å². The zero-order valence-corrected chi connectivity index (χ0v) is 13.2. The summed E-state index contributed by atoms with van der Waals surface area (Å²) >= 11 is 0. The van der Waals surface area contributed by atoms with E-state index in [0.717, 1.165) is 25.2 Å². The molecule has 0 bridgehead atoms. The van der Waals surface area contributed by atoms with Crippen molar-refractivity contribution < 1.29 is 4.79 Å². The van der Waals surface area contributed by atoms with E-state index in [2.05, 4.69) is 60.0 Å². The van der Waals surface area contributed by atoms with Crippen LogP contribution >= 0.6 is 0 Å². The summed E-state index contributed by atoms with van der Waals surface area (Å²) in [6.07, 6.45) is 1.79. The topological polar surface area (TPSA) is 73.9 Å². The van der Waals surface area contributed by atoms with Crippen molar-refractivity contribution in [3.63, 3.8) is 0 Å². The number of amides is 1. The first-order valence-corrected chi connectivity index (χ1v) is 7.40. The molecule has 0 saturated heterocycles. The minimum absolute atomic E-state index is 0.212. The van der Waals surface area contributed by atoms with Crippen LogP contribution in [0, 0.1) is 0 Å². The summed E-state index contributed by atoms with van der Waals surface area (Å²) in [5.74, 6) is 0.786. The number of aryl methyl sites for hydroxylation is 1. The Morgan fingerprint density at radius 2 is 1.95 bits per heavy atom. The summed E-state index contributed by atoms with van der Waals surface area (Å²) in [5.41, 5.74) is 0. The second kappa shape index (κ2) is 7.99. The summed E-state index contributed by atoms with van der Waals surface area (Å²) < 4.78 is 0. The van der Waals surface area contributed by atoms with Crippen molar-refractivity contribution in [3.05, 3.63) is 11.6 Å². The number of carbonyl (C=O) groups excluding carboxylic acids is 1. The fourth-order valence-electron chi connectivity index (χ4n) is 2.24. The molecule has 0 saturated carbocycles. The zero-order chi connectivity index (χ0) is 15.1. The summed E-state index contributed by atoms with van der Waals surface area (Å²) in [6.45, 7) is 12.1. The van der Waals surface area contributed by atoms with Crippen molar-refractivity contribution in [1.82, 2.24) is 25.4 Å². The van der Waals surface area contributed by atoms with Gasteiger partial charge in [0, 0.05) is 31.6 Å². The maximum absolute atomic E-state index is 11.9. The third-order valence-corrected chi connectivity index (χ3v) is 3.20. The molecule has 0 aliphatic carbocycles. The fraction of sp³-hybridized carbons (Fsp3) is 0.786. The highest BCUT2D eigenvalue weighted by molar-refractivity contribution is 5.90. The number of nitrogens with zero attached hydrogens (tertiary/aromatic N) is 3. The van der Waals surface area contributed by atoms with Crippen LogP contribution in [0.2, 0.25) is 0 Å². The van der Waals surface area contributed by atoms with Crippen LogP contribution in [0.1, 0.15) is 57.5 Å². The van der Waals surface area contributed by atoms with Gasteiger partial charge in [0.05, 0.1) is 0 Å². The Morgan fingerprint density at radius 3 is 2.50 bits per heavy atom. The van der Waals surface area contributed by atoms with Crippen LogP contribution in [0.15, 0.2) is 0 Å². The lowest BCUT2D eigenvalue weighted by molar-refractivity contribution is 0.0929. The van der Waals surface area contributed by atoms with Gasteiger partial charge in [0.1, 0.15) is 5.82 Å². The van der Waals surface area contributed by atoms with E-state index in [1.807, 2.05) is 0 Å². The Bertz CT molecular complexity index is 405. The molecule has 0 atom stereocenters. The lowest BCUT2D eigenvalue weighted by atomic mass is 10.2. The summed E-state index contributed by atoms with van der Waals surface area (Å²) in [7, 11) is 0. The second-order valence-corrected chi connectivity index (χ2v) is 5.54. The maximum atomic E-state index is 11.9. The van der Waals surface area contributed by atoms with Crippen molar-refractivity contribution in [3.8, 4) is 0 Å². The Kier molecular flexibility index (Phi) is 6.64. The molecule has 0 radical (unpaired) electrons. The Morgan fingerprint density at radius 1 is 1.30 bits per heavy atom. The summed E-state index contributed by atoms with van der Waals surface area (Å²) in [4.78, 5) is 18.4. The molecule has 6 heteroatoms. The minimum Gasteiger partial charge on any atom is -0.348 e. The molecule has 0 spiro atoms. The lowest BCUT2D eigenvalue weighted by Gasteiger charge is -2.30. The van der Waals surface area contributed by atoms with Crippen molar-refractivity contribution in [1.29, 1.82) is 0 Å². The normalized spacial score (nSPS) is 11.6. The highest BCUT2D eigenvalue weighted by atomic mass is 16.2. The van der Waals surface area contributed by atoms with E-state index in [0.29, 0.717) is 18.6 Å². The van der Waals surface area contributed by atoms with Crippen LogP contribution in [0.5, 0.6) is 0 Å². The van der Waals surface area contributed by atoms with Gasteiger partial charge in [-0.3, -0.25) is 14.8 Å². The summed E-state index contributed by atoms with van der Waals surface area (Å²) in [5, 5.41) is 9.60. The van der Waals surface area contributed by atoms with Crippen LogP contribution in [0.4, 0.5) is 0 Å². The highest BCUT2D eigenvalue weighted by Gasteiger charge is 2.15. The molecule has 1 aromatic heterocycles. The molecule has 0 aliphatic rings. The second-order valence-electron chi connectivity index (χ2n) is 5.54. The van der Waals surface area contributed by atoms with E-state index in [4.69, 9.17) is 0 Å². The number of hydrogen-bond acceptors (Lipinski definition) is 4. The van der Waals surface area contributed by atoms with Gasteiger partial charge >= 0.3 is 0 Å². The Labute approximate surface area is 121 Å². The van der Waals surface area contributed by atoms with Gasteiger partial charge in [-0.1, -0.05) is 6.92 Å². The first-order valence-electron chi connectivity index (χ1n) is 7.40. The first-order chi connectivity index (χ1) is 9.45. The monoisotopic (exact) mass is 281 g/mol. The molecule has 1 amide bonds. The highest BCUT2D eigenvalue weighted by Crippen LogP contribution is 2.03. The van der Waals surface area contributed by atoms with Crippen LogP contribution in [0.25, 0.3) is 0 Å². The molecule has 20 heavy (non-hydrogen) atoms. The van der Waals surface area contributed by atoms with E-state index in [1.54, 1.807) is 0 Å². The van der Waals surface area contributed by atoms with Gasteiger partial charge in [0.25, 0.3) is 5.91 Å². The first kappa shape index (κ1) is 16.6. The zero-order valence-electron chi connectivity index (χ0n) is 13.2. The van der Waals surface area contributed by atoms with Gasteiger partial charge < -0.3 is 5.32 Å². The number of rotatable bonds is 8. The molecule has 6 nitrogen and oxygen atoms in total. The van der Waals surface area contributed by atoms with Crippen molar-refractivity contribution in [2.24, 2.45) is 0 Å². The fourth-order valence-corrected chi connectivity index (χ4v) is 2.24. The van der Waals surface area contributed by atoms with Crippen molar-refractivity contribution in [2.75, 3.05) is 13.1 Å². The number of hydrogen-bond donors (Lipinski definition) is 2. The third-order valence-electron chi connectivity index (χ3n) is 3.20. The molecule has 114 valence electrons. The lowest BCUT2D eigenvalue weighted by Crippen LogP contribution is -2.42. The van der Waals surface area contributed by atoms with Gasteiger partial charge in [-0.15, -0.1) is 5.10 Å². The van der Waals surface area contributed by atoms with Gasteiger partial charge in [0.15, 0.2) is 0 Å². The Balaban J connectivity index is 2.42. The summed E-state index contributed by atoms with van der Waals surface area (Å²) in [6, 6.07) is 0.929. The number of nitrogens with one attached hydrogen (secondary N) is 2. The Hall–Kier alpha value is -1.43. The van der Waals surface area contributed by atoms with Crippen molar-refractivity contribution in [2.45, 2.75) is 59.5 Å². The molecule has 1 rings (SSSR count). The number of carbonyl (C=O) groups is 1. The van der Waals surface area contributed by atoms with E-state index in [-0.39, 0.29) is 11.7 Å². The standard InChI is InChI=1S/C14H27N5O/c1-6-7-12-16-13(18-17-12)14(20)15-8-9-19(10(2)3)11(4)5/h10-11H,6-9H2,1-5H3,(H,15,20)(H,16,17,18). The molecular formula is C14H27N5O. The average Bonchev–Trinajstić information content (AvgIpc) is 2.82. The van der Waals surface area contributed by atoms with E-state index in [1.165, 1.54) is 0 Å². The smallest absolute Gasteiger partial charge is 0.291 e. The van der Waals surface area contributed by atoms with Crippen LogP contribution in [0.3, 0.4) is 0 Å². The van der Waals surface area contributed by atoms with E-state index >= 15 is 0 Å². The molecule has 0 fully saturated rings. The van der Waals surface area contributed by atoms with Crippen LogP contribution in [-0.2, 0) is 6.42 Å². The quantitative estimate of drug-likeness (QED) is 0.759. The molecule has 1 heterocycles. The molecule has 1 aromatic rings. The predicted octanol–water partition coefficient (Wildman–Crippen LogP) is 1.61. The predicted molar refractivity (Wildman–Crippen MR) is 79.7 cm³/mol. The SMILES string of the molecule is CCCc1nc(C(=O)NCCN(C(C)C)C(C)C)n[nH]1. The largest absolute Gasteiger partial charge is 0.348 e.